The molecule has 1 rings (SSSR count). The molecule has 0 radical (unpaired) electrons. The summed E-state index contributed by atoms with van der Waals surface area (Å²) in [6.07, 6.45) is 5.31. The van der Waals surface area contributed by atoms with E-state index in [1.165, 1.54) is 41.6 Å². The van der Waals surface area contributed by atoms with Crippen molar-refractivity contribution in [2.24, 2.45) is 0 Å². The van der Waals surface area contributed by atoms with E-state index < -0.39 is 0 Å². The third-order valence-corrected chi connectivity index (χ3v) is 4.75. The van der Waals surface area contributed by atoms with Crippen molar-refractivity contribution in [1.29, 1.82) is 0 Å². The van der Waals surface area contributed by atoms with E-state index >= 15 is 0 Å². The van der Waals surface area contributed by atoms with Gasteiger partial charge in [-0.1, -0.05) is 26.7 Å². The second kappa shape index (κ2) is 9.92. The van der Waals surface area contributed by atoms with Gasteiger partial charge in [0.25, 0.3) is 0 Å². The second-order valence-corrected chi connectivity index (χ2v) is 7.40. The fourth-order valence-corrected chi connectivity index (χ4v) is 3.56. The number of nitrogens with one attached hydrogen (secondary N) is 1. The monoisotopic (exact) mass is 346 g/mol. The Morgan fingerprint density at radius 2 is 2.00 bits per heavy atom. The Morgan fingerprint density at radius 3 is 2.63 bits per heavy atom. The summed E-state index contributed by atoms with van der Waals surface area (Å²) < 4.78 is 1.21. The van der Waals surface area contributed by atoms with Gasteiger partial charge < -0.3 is 10.2 Å². The fraction of sp³-hybridized carbons (Fsp3) is 0.733. The van der Waals surface area contributed by atoms with Gasteiger partial charge >= 0.3 is 0 Å². The van der Waals surface area contributed by atoms with E-state index in [2.05, 4.69) is 58.5 Å². The molecular weight excluding hydrogens is 320 g/mol. The Hall–Kier alpha value is 0.1000. The molecule has 0 aliphatic carbocycles. The SMILES string of the molecule is CC(C)NCCCCCCN(C)Cc1cc(Br)cs1. The molecule has 0 aromatic carbocycles. The van der Waals surface area contributed by atoms with Crippen LogP contribution in [-0.2, 0) is 6.54 Å². The molecule has 0 fully saturated rings. The lowest BCUT2D eigenvalue weighted by atomic mass is 10.2. The van der Waals surface area contributed by atoms with Crippen LogP contribution in [0, 0.1) is 0 Å². The first-order chi connectivity index (χ1) is 9.08. The van der Waals surface area contributed by atoms with Crippen LogP contribution in [0.5, 0.6) is 0 Å². The number of nitrogens with zero attached hydrogens (tertiary/aromatic N) is 1. The Bertz CT molecular complexity index is 339. The zero-order valence-corrected chi connectivity index (χ0v) is 14.8. The van der Waals surface area contributed by atoms with Crippen molar-refractivity contribution in [3.05, 3.63) is 20.8 Å². The third-order valence-electron chi connectivity index (χ3n) is 3.07. The molecule has 110 valence electrons. The summed E-state index contributed by atoms with van der Waals surface area (Å²) in [6, 6.07) is 2.84. The predicted molar refractivity (Wildman–Crippen MR) is 90.0 cm³/mol. The first kappa shape index (κ1) is 17.2. The van der Waals surface area contributed by atoms with Crippen LogP contribution in [0.4, 0.5) is 0 Å². The Morgan fingerprint density at radius 1 is 1.26 bits per heavy atom. The average Bonchev–Trinajstić information content (AvgIpc) is 2.73. The lowest BCUT2D eigenvalue weighted by molar-refractivity contribution is 0.319. The van der Waals surface area contributed by atoms with Crippen molar-refractivity contribution in [2.45, 2.75) is 52.1 Å². The largest absolute Gasteiger partial charge is 0.315 e. The highest BCUT2D eigenvalue weighted by molar-refractivity contribution is 9.10. The van der Waals surface area contributed by atoms with Crippen LogP contribution in [0.25, 0.3) is 0 Å². The summed E-state index contributed by atoms with van der Waals surface area (Å²) in [5.41, 5.74) is 0. The molecule has 19 heavy (non-hydrogen) atoms. The van der Waals surface area contributed by atoms with E-state index in [1.807, 2.05) is 11.3 Å². The summed E-state index contributed by atoms with van der Waals surface area (Å²) in [7, 11) is 2.22. The molecule has 0 bridgehead atoms. The van der Waals surface area contributed by atoms with Crippen molar-refractivity contribution in [3.8, 4) is 0 Å². The van der Waals surface area contributed by atoms with Gasteiger partial charge in [-0.2, -0.15) is 0 Å². The fourth-order valence-electron chi connectivity index (χ4n) is 2.03. The second-order valence-electron chi connectivity index (χ2n) is 5.49. The van der Waals surface area contributed by atoms with E-state index in [9.17, 15) is 0 Å². The number of hydrogen-bond donors (Lipinski definition) is 1. The molecule has 1 aromatic heterocycles. The van der Waals surface area contributed by atoms with Crippen molar-refractivity contribution >= 4 is 27.3 Å². The minimum Gasteiger partial charge on any atom is -0.315 e. The highest BCUT2D eigenvalue weighted by Crippen LogP contribution is 2.20. The quantitative estimate of drug-likeness (QED) is 0.627. The molecular formula is C15H27BrN2S. The molecule has 0 atom stereocenters. The van der Waals surface area contributed by atoms with Crippen LogP contribution >= 0.6 is 27.3 Å². The van der Waals surface area contributed by atoms with Gasteiger partial charge in [-0.05, 0) is 55.0 Å². The first-order valence-electron chi connectivity index (χ1n) is 7.22. The molecule has 0 aliphatic heterocycles. The van der Waals surface area contributed by atoms with E-state index in [1.54, 1.807) is 0 Å². The maximum atomic E-state index is 3.51. The summed E-state index contributed by atoms with van der Waals surface area (Å²) in [6.45, 7) is 7.85. The molecule has 0 saturated heterocycles. The number of hydrogen-bond acceptors (Lipinski definition) is 3. The summed E-state index contributed by atoms with van der Waals surface area (Å²) in [4.78, 5) is 3.86. The van der Waals surface area contributed by atoms with Crippen LogP contribution in [0.15, 0.2) is 15.9 Å². The molecule has 0 amide bonds. The van der Waals surface area contributed by atoms with Crippen LogP contribution < -0.4 is 5.32 Å². The minimum absolute atomic E-state index is 0.622. The van der Waals surface area contributed by atoms with Gasteiger partial charge in [0, 0.05) is 27.3 Å². The highest BCUT2D eigenvalue weighted by Gasteiger charge is 2.02. The van der Waals surface area contributed by atoms with Crippen molar-refractivity contribution in [2.75, 3.05) is 20.1 Å². The first-order valence-corrected chi connectivity index (χ1v) is 8.90. The summed E-state index contributed by atoms with van der Waals surface area (Å²) in [5, 5.41) is 5.62. The molecule has 4 heteroatoms. The lowest BCUT2D eigenvalue weighted by Crippen LogP contribution is -2.23. The molecule has 0 unspecified atom stereocenters. The summed E-state index contributed by atoms with van der Waals surface area (Å²) >= 11 is 5.34. The highest BCUT2D eigenvalue weighted by atomic mass is 79.9. The Labute approximate surface area is 130 Å². The van der Waals surface area contributed by atoms with Gasteiger partial charge in [0.2, 0.25) is 0 Å². The summed E-state index contributed by atoms with van der Waals surface area (Å²) in [5.74, 6) is 0. The zero-order chi connectivity index (χ0) is 14.1. The van der Waals surface area contributed by atoms with Crippen LogP contribution in [0.3, 0.4) is 0 Å². The molecule has 2 nitrogen and oxygen atoms in total. The molecule has 0 spiro atoms. The minimum atomic E-state index is 0.622. The maximum Gasteiger partial charge on any atom is 0.0325 e. The number of thiophene rings is 1. The van der Waals surface area contributed by atoms with Gasteiger partial charge in [-0.3, -0.25) is 0 Å². The molecule has 0 aliphatic rings. The smallest absolute Gasteiger partial charge is 0.0325 e. The van der Waals surface area contributed by atoms with Gasteiger partial charge in [0.05, 0.1) is 0 Å². The lowest BCUT2D eigenvalue weighted by Gasteiger charge is -2.15. The van der Waals surface area contributed by atoms with Gasteiger partial charge in [-0.25, -0.2) is 0 Å². The van der Waals surface area contributed by atoms with E-state index in [0.29, 0.717) is 6.04 Å². The van der Waals surface area contributed by atoms with Crippen LogP contribution in [0.2, 0.25) is 0 Å². The molecule has 1 aromatic rings. The van der Waals surface area contributed by atoms with Gasteiger partial charge in [0.1, 0.15) is 0 Å². The number of halogens is 1. The topological polar surface area (TPSA) is 15.3 Å². The normalized spacial score (nSPS) is 11.7. The van der Waals surface area contributed by atoms with Crippen LogP contribution in [0.1, 0.15) is 44.4 Å². The Kier molecular flexibility index (Phi) is 8.95. The van der Waals surface area contributed by atoms with E-state index in [0.717, 1.165) is 13.1 Å². The van der Waals surface area contributed by atoms with E-state index in [-0.39, 0.29) is 0 Å². The van der Waals surface area contributed by atoms with Gasteiger partial charge in [0.15, 0.2) is 0 Å². The maximum absolute atomic E-state index is 3.51. The van der Waals surface area contributed by atoms with Crippen molar-refractivity contribution < 1.29 is 0 Å². The van der Waals surface area contributed by atoms with Crippen LogP contribution in [-0.4, -0.2) is 31.1 Å². The average molecular weight is 347 g/mol. The standard InChI is InChI=1S/C15H27BrN2S/c1-13(2)17-8-6-4-5-7-9-18(3)11-15-10-14(16)12-19-15/h10,12-13,17H,4-9,11H2,1-3H3. The number of unbranched alkanes of at least 4 members (excludes halogenated alkanes) is 3. The van der Waals surface area contributed by atoms with Crippen molar-refractivity contribution in [1.82, 2.24) is 10.2 Å². The zero-order valence-electron chi connectivity index (χ0n) is 12.4. The van der Waals surface area contributed by atoms with Gasteiger partial charge in [-0.15, -0.1) is 11.3 Å². The number of rotatable bonds is 10. The molecule has 1 heterocycles. The Balaban J connectivity index is 1.97. The third kappa shape index (κ3) is 8.79. The molecule has 0 saturated carbocycles. The van der Waals surface area contributed by atoms with E-state index in [4.69, 9.17) is 0 Å². The molecule has 1 N–H and O–H groups in total. The van der Waals surface area contributed by atoms with Crippen molar-refractivity contribution in [3.63, 3.8) is 0 Å². The predicted octanol–water partition coefficient (Wildman–Crippen LogP) is 4.50.